The van der Waals surface area contributed by atoms with E-state index in [1.54, 1.807) is 19.2 Å². The van der Waals surface area contributed by atoms with E-state index < -0.39 is 0 Å². The molecule has 0 fully saturated rings. The second kappa shape index (κ2) is 6.91. The van der Waals surface area contributed by atoms with E-state index in [0.717, 1.165) is 21.3 Å². The van der Waals surface area contributed by atoms with Crippen LogP contribution in [-0.4, -0.2) is 21.3 Å². The Morgan fingerprint density at radius 3 is 2.43 bits per heavy atom. The van der Waals surface area contributed by atoms with Crippen molar-refractivity contribution in [3.05, 3.63) is 57.8 Å². The van der Waals surface area contributed by atoms with Gasteiger partial charge < -0.3 is 14.8 Å². The molecule has 0 aromatic heterocycles. The molecule has 0 aliphatic carbocycles. The molecule has 1 N–H and O–H groups in total. The Morgan fingerprint density at radius 2 is 1.86 bits per heavy atom. The van der Waals surface area contributed by atoms with E-state index in [1.807, 2.05) is 25.2 Å². The SMILES string of the molecule is CNC(c1ccc(F)c(OC)c1)c1ccc(OC)cc1Br. The summed E-state index contributed by atoms with van der Waals surface area (Å²) < 4.78 is 24.7. The molecular weight excluding hydrogens is 337 g/mol. The van der Waals surface area contributed by atoms with E-state index in [2.05, 4.69) is 21.2 Å². The lowest BCUT2D eigenvalue weighted by molar-refractivity contribution is 0.385. The monoisotopic (exact) mass is 353 g/mol. The number of hydrogen-bond donors (Lipinski definition) is 1. The van der Waals surface area contributed by atoms with Crippen LogP contribution < -0.4 is 14.8 Å². The van der Waals surface area contributed by atoms with Crippen LogP contribution >= 0.6 is 15.9 Å². The van der Waals surface area contributed by atoms with Gasteiger partial charge in [-0.15, -0.1) is 0 Å². The van der Waals surface area contributed by atoms with Gasteiger partial charge in [-0.3, -0.25) is 0 Å². The van der Waals surface area contributed by atoms with Gasteiger partial charge in [0.25, 0.3) is 0 Å². The highest BCUT2D eigenvalue weighted by molar-refractivity contribution is 9.10. The minimum Gasteiger partial charge on any atom is -0.497 e. The highest BCUT2D eigenvalue weighted by Gasteiger charge is 2.17. The fourth-order valence-corrected chi connectivity index (χ4v) is 2.81. The minimum absolute atomic E-state index is 0.0835. The molecule has 0 aliphatic heterocycles. The van der Waals surface area contributed by atoms with Crippen molar-refractivity contribution in [2.45, 2.75) is 6.04 Å². The molecule has 0 aliphatic rings. The summed E-state index contributed by atoms with van der Waals surface area (Å²) in [5.41, 5.74) is 1.95. The number of hydrogen-bond acceptors (Lipinski definition) is 3. The Morgan fingerprint density at radius 1 is 1.10 bits per heavy atom. The summed E-state index contributed by atoms with van der Waals surface area (Å²) in [6, 6.07) is 10.5. The molecule has 2 aromatic carbocycles. The van der Waals surface area contributed by atoms with E-state index in [-0.39, 0.29) is 17.6 Å². The third-order valence-electron chi connectivity index (χ3n) is 3.32. The average Bonchev–Trinajstić information content (AvgIpc) is 2.50. The molecule has 0 radical (unpaired) electrons. The van der Waals surface area contributed by atoms with Gasteiger partial charge in [0, 0.05) is 4.47 Å². The van der Waals surface area contributed by atoms with Crippen LogP contribution in [0, 0.1) is 5.82 Å². The number of benzene rings is 2. The standard InChI is InChI=1S/C16H17BrFNO2/c1-19-16(10-4-7-14(18)15(8-10)21-3)12-6-5-11(20-2)9-13(12)17/h4-9,16,19H,1-3H3. The molecule has 0 spiro atoms. The number of ether oxygens (including phenoxy) is 2. The second-order valence-electron chi connectivity index (χ2n) is 4.50. The number of methoxy groups -OCH3 is 2. The van der Waals surface area contributed by atoms with E-state index in [0.29, 0.717) is 0 Å². The highest BCUT2D eigenvalue weighted by Crippen LogP contribution is 2.33. The van der Waals surface area contributed by atoms with Crippen LogP contribution in [0.5, 0.6) is 11.5 Å². The van der Waals surface area contributed by atoms with Gasteiger partial charge >= 0.3 is 0 Å². The van der Waals surface area contributed by atoms with Gasteiger partial charge in [0.15, 0.2) is 11.6 Å². The first-order valence-corrected chi connectivity index (χ1v) is 7.24. The van der Waals surface area contributed by atoms with Gasteiger partial charge in [-0.05, 0) is 42.4 Å². The molecule has 0 saturated carbocycles. The summed E-state index contributed by atoms with van der Waals surface area (Å²) in [5, 5.41) is 3.23. The molecule has 2 rings (SSSR count). The van der Waals surface area contributed by atoms with Crippen LogP contribution in [-0.2, 0) is 0 Å². The first-order valence-electron chi connectivity index (χ1n) is 6.44. The summed E-state index contributed by atoms with van der Waals surface area (Å²) in [6.07, 6.45) is 0. The number of nitrogens with one attached hydrogen (secondary N) is 1. The van der Waals surface area contributed by atoms with Gasteiger partial charge in [0.2, 0.25) is 0 Å². The van der Waals surface area contributed by atoms with Gasteiger partial charge in [-0.2, -0.15) is 0 Å². The maximum absolute atomic E-state index is 13.5. The molecule has 1 atom stereocenters. The van der Waals surface area contributed by atoms with Crippen LogP contribution in [0.25, 0.3) is 0 Å². The Kier molecular flexibility index (Phi) is 5.20. The zero-order valence-electron chi connectivity index (χ0n) is 12.1. The smallest absolute Gasteiger partial charge is 0.165 e. The first kappa shape index (κ1) is 15.8. The minimum atomic E-state index is -0.370. The van der Waals surface area contributed by atoms with Crippen molar-refractivity contribution in [1.29, 1.82) is 0 Å². The predicted molar refractivity (Wildman–Crippen MR) is 84.5 cm³/mol. The third kappa shape index (κ3) is 3.36. The Labute approximate surface area is 132 Å². The normalized spacial score (nSPS) is 12.0. The molecule has 112 valence electrons. The topological polar surface area (TPSA) is 30.5 Å². The van der Waals surface area contributed by atoms with Gasteiger partial charge in [0.1, 0.15) is 5.75 Å². The van der Waals surface area contributed by atoms with Crippen molar-refractivity contribution >= 4 is 15.9 Å². The molecule has 2 aromatic rings. The largest absolute Gasteiger partial charge is 0.497 e. The summed E-state index contributed by atoms with van der Waals surface area (Å²) in [4.78, 5) is 0. The second-order valence-corrected chi connectivity index (χ2v) is 5.36. The van der Waals surface area contributed by atoms with Crippen molar-refractivity contribution in [2.75, 3.05) is 21.3 Å². The zero-order valence-corrected chi connectivity index (χ0v) is 13.7. The van der Waals surface area contributed by atoms with Crippen LogP contribution in [0.15, 0.2) is 40.9 Å². The lowest BCUT2D eigenvalue weighted by Gasteiger charge is -2.20. The molecule has 1 unspecified atom stereocenters. The molecule has 0 amide bonds. The van der Waals surface area contributed by atoms with E-state index >= 15 is 0 Å². The van der Waals surface area contributed by atoms with Crippen LogP contribution in [0.4, 0.5) is 4.39 Å². The lowest BCUT2D eigenvalue weighted by Crippen LogP contribution is -2.18. The van der Waals surface area contributed by atoms with Gasteiger partial charge in [0.05, 0.1) is 20.3 Å². The Bertz CT molecular complexity index is 634. The average molecular weight is 354 g/mol. The molecular formula is C16H17BrFNO2. The van der Waals surface area contributed by atoms with Crippen molar-refractivity contribution in [1.82, 2.24) is 5.32 Å². The van der Waals surface area contributed by atoms with Crippen molar-refractivity contribution in [3.8, 4) is 11.5 Å². The van der Waals surface area contributed by atoms with Crippen LogP contribution in [0.3, 0.4) is 0 Å². The maximum atomic E-state index is 13.5. The van der Waals surface area contributed by atoms with Crippen molar-refractivity contribution < 1.29 is 13.9 Å². The van der Waals surface area contributed by atoms with Crippen molar-refractivity contribution in [3.63, 3.8) is 0 Å². The summed E-state index contributed by atoms with van der Waals surface area (Å²) >= 11 is 3.55. The molecule has 0 bridgehead atoms. The Balaban J connectivity index is 2.44. The fraction of sp³-hybridized carbons (Fsp3) is 0.250. The predicted octanol–water partition coefficient (Wildman–Crippen LogP) is 3.91. The van der Waals surface area contributed by atoms with E-state index in [1.165, 1.54) is 13.2 Å². The molecule has 3 nitrogen and oxygen atoms in total. The fourth-order valence-electron chi connectivity index (χ4n) is 2.23. The van der Waals surface area contributed by atoms with Crippen molar-refractivity contribution in [2.24, 2.45) is 0 Å². The molecule has 21 heavy (non-hydrogen) atoms. The third-order valence-corrected chi connectivity index (χ3v) is 4.00. The summed E-state index contributed by atoms with van der Waals surface area (Å²) in [6.45, 7) is 0. The van der Waals surface area contributed by atoms with Gasteiger partial charge in [-0.1, -0.05) is 28.1 Å². The number of rotatable bonds is 5. The molecule has 0 saturated heterocycles. The molecule has 0 heterocycles. The van der Waals surface area contributed by atoms with Crippen LogP contribution in [0.1, 0.15) is 17.2 Å². The quantitative estimate of drug-likeness (QED) is 0.883. The number of halogens is 2. The van der Waals surface area contributed by atoms with E-state index in [9.17, 15) is 4.39 Å². The first-order chi connectivity index (χ1) is 10.1. The molecule has 5 heteroatoms. The van der Waals surface area contributed by atoms with Crippen LogP contribution in [0.2, 0.25) is 0 Å². The van der Waals surface area contributed by atoms with E-state index in [4.69, 9.17) is 9.47 Å². The maximum Gasteiger partial charge on any atom is 0.165 e. The summed E-state index contributed by atoms with van der Waals surface area (Å²) in [7, 11) is 4.94. The highest BCUT2D eigenvalue weighted by atomic mass is 79.9. The zero-order chi connectivity index (χ0) is 15.4. The summed E-state index contributed by atoms with van der Waals surface area (Å²) in [5.74, 6) is 0.638. The Hall–Kier alpha value is -1.59. The lowest BCUT2D eigenvalue weighted by atomic mass is 9.98. The van der Waals surface area contributed by atoms with Gasteiger partial charge in [-0.25, -0.2) is 4.39 Å².